The minimum atomic E-state index is -0.400. The third kappa shape index (κ3) is 4.45. The second-order valence-electron chi connectivity index (χ2n) is 7.67. The quantitative estimate of drug-likeness (QED) is 0.763. The van der Waals surface area contributed by atoms with Crippen molar-refractivity contribution in [2.24, 2.45) is 0 Å². The predicted molar refractivity (Wildman–Crippen MR) is 110 cm³/mol. The lowest BCUT2D eigenvalue weighted by atomic mass is 9.98. The SMILES string of the molecule is COc1cc2c(cc1OC)CN(Cc1oc(CN3CCOCC3)cc(=O)c1O)CC2. The third-order valence-corrected chi connectivity index (χ3v) is 5.69. The first kappa shape index (κ1) is 20.7. The maximum Gasteiger partial charge on any atom is 0.227 e. The molecule has 30 heavy (non-hydrogen) atoms. The Morgan fingerprint density at radius 3 is 2.37 bits per heavy atom. The van der Waals surface area contributed by atoms with E-state index in [4.69, 9.17) is 18.6 Å². The zero-order valence-electron chi connectivity index (χ0n) is 17.5. The number of morpholine rings is 1. The van der Waals surface area contributed by atoms with Crippen LogP contribution < -0.4 is 14.9 Å². The van der Waals surface area contributed by atoms with E-state index in [2.05, 4.69) is 9.80 Å². The van der Waals surface area contributed by atoms with Gasteiger partial charge in [0.15, 0.2) is 17.3 Å². The van der Waals surface area contributed by atoms with Gasteiger partial charge >= 0.3 is 0 Å². The average Bonchev–Trinajstić information content (AvgIpc) is 2.76. The molecule has 4 rings (SSSR count). The summed E-state index contributed by atoms with van der Waals surface area (Å²) in [6.45, 7) is 5.32. The van der Waals surface area contributed by atoms with Crippen LogP contribution in [-0.4, -0.2) is 62.0 Å². The van der Waals surface area contributed by atoms with Gasteiger partial charge in [0.2, 0.25) is 11.2 Å². The van der Waals surface area contributed by atoms with Crippen molar-refractivity contribution in [3.8, 4) is 17.2 Å². The van der Waals surface area contributed by atoms with Gasteiger partial charge in [-0.05, 0) is 29.7 Å². The van der Waals surface area contributed by atoms with E-state index in [1.54, 1.807) is 14.2 Å². The first-order chi connectivity index (χ1) is 14.6. The van der Waals surface area contributed by atoms with E-state index in [0.29, 0.717) is 50.1 Å². The number of aromatic hydroxyl groups is 1. The summed E-state index contributed by atoms with van der Waals surface area (Å²) in [4.78, 5) is 16.6. The highest BCUT2D eigenvalue weighted by atomic mass is 16.5. The zero-order valence-corrected chi connectivity index (χ0v) is 17.5. The van der Waals surface area contributed by atoms with Gasteiger partial charge < -0.3 is 23.7 Å². The van der Waals surface area contributed by atoms with Crippen LogP contribution in [0.15, 0.2) is 27.4 Å². The fraction of sp³-hybridized carbons (Fsp3) is 0.500. The van der Waals surface area contributed by atoms with Gasteiger partial charge in [-0.15, -0.1) is 0 Å². The lowest BCUT2D eigenvalue weighted by Gasteiger charge is -2.29. The molecule has 162 valence electrons. The lowest BCUT2D eigenvalue weighted by molar-refractivity contribution is 0.0306. The van der Waals surface area contributed by atoms with Gasteiger partial charge in [-0.3, -0.25) is 14.6 Å². The Morgan fingerprint density at radius 1 is 0.967 bits per heavy atom. The Kier molecular flexibility index (Phi) is 6.26. The summed E-state index contributed by atoms with van der Waals surface area (Å²) in [6, 6.07) is 5.40. The van der Waals surface area contributed by atoms with E-state index in [-0.39, 0.29) is 5.75 Å². The number of methoxy groups -OCH3 is 2. The van der Waals surface area contributed by atoms with E-state index in [1.807, 2.05) is 12.1 Å². The summed E-state index contributed by atoms with van der Waals surface area (Å²) in [5.74, 6) is 2.00. The molecule has 0 saturated carbocycles. The Morgan fingerprint density at radius 2 is 1.67 bits per heavy atom. The van der Waals surface area contributed by atoms with Crippen molar-refractivity contribution >= 4 is 0 Å². The van der Waals surface area contributed by atoms with Crippen LogP contribution in [0.25, 0.3) is 0 Å². The molecular weight excluding hydrogens is 388 g/mol. The highest BCUT2D eigenvalue weighted by Gasteiger charge is 2.23. The molecule has 0 atom stereocenters. The monoisotopic (exact) mass is 416 g/mol. The van der Waals surface area contributed by atoms with Gasteiger partial charge in [-0.25, -0.2) is 0 Å². The van der Waals surface area contributed by atoms with Gasteiger partial charge in [-0.1, -0.05) is 0 Å². The van der Waals surface area contributed by atoms with Gasteiger partial charge in [-0.2, -0.15) is 0 Å². The number of hydrogen-bond acceptors (Lipinski definition) is 8. The molecule has 0 radical (unpaired) electrons. The van der Waals surface area contributed by atoms with Crippen LogP contribution in [-0.2, 0) is 30.8 Å². The molecule has 2 aromatic rings. The van der Waals surface area contributed by atoms with E-state index in [9.17, 15) is 9.90 Å². The number of ether oxygens (including phenoxy) is 3. The normalized spacial score (nSPS) is 17.5. The second-order valence-corrected chi connectivity index (χ2v) is 7.67. The summed E-state index contributed by atoms with van der Waals surface area (Å²) in [6.07, 6.45) is 0.841. The lowest BCUT2D eigenvalue weighted by Crippen LogP contribution is -2.36. The van der Waals surface area contributed by atoms with Crippen molar-refractivity contribution in [3.05, 3.63) is 51.1 Å². The van der Waals surface area contributed by atoms with E-state index in [1.165, 1.54) is 11.6 Å². The van der Waals surface area contributed by atoms with E-state index < -0.39 is 5.43 Å². The van der Waals surface area contributed by atoms with Crippen molar-refractivity contribution in [1.82, 2.24) is 9.80 Å². The van der Waals surface area contributed by atoms with Crippen molar-refractivity contribution in [1.29, 1.82) is 0 Å². The number of fused-ring (bicyclic) bond motifs is 1. The van der Waals surface area contributed by atoms with Gasteiger partial charge in [0.25, 0.3) is 0 Å². The molecule has 3 heterocycles. The fourth-order valence-corrected chi connectivity index (χ4v) is 4.03. The zero-order chi connectivity index (χ0) is 21.1. The summed E-state index contributed by atoms with van der Waals surface area (Å²) < 4.78 is 22.1. The van der Waals surface area contributed by atoms with E-state index in [0.717, 1.165) is 37.4 Å². The molecule has 1 fully saturated rings. The molecular formula is C22H28N2O6. The molecule has 0 amide bonds. The summed E-state index contributed by atoms with van der Waals surface area (Å²) >= 11 is 0. The minimum absolute atomic E-state index is 0.307. The van der Waals surface area contributed by atoms with E-state index >= 15 is 0 Å². The second kappa shape index (κ2) is 9.07. The smallest absolute Gasteiger partial charge is 0.227 e. The number of nitrogens with zero attached hydrogens (tertiary/aromatic N) is 2. The summed E-state index contributed by atoms with van der Waals surface area (Å²) in [5, 5.41) is 10.3. The molecule has 2 aliphatic rings. The Balaban J connectivity index is 1.51. The van der Waals surface area contributed by atoms with Crippen LogP contribution in [0.3, 0.4) is 0 Å². The third-order valence-electron chi connectivity index (χ3n) is 5.69. The van der Waals surface area contributed by atoms with Crippen molar-refractivity contribution in [2.45, 2.75) is 26.1 Å². The van der Waals surface area contributed by atoms with Crippen molar-refractivity contribution < 1.29 is 23.7 Å². The maximum atomic E-state index is 12.3. The van der Waals surface area contributed by atoms with Crippen LogP contribution in [0.1, 0.15) is 22.6 Å². The van der Waals surface area contributed by atoms with Gasteiger partial charge in [0, 0.05) is 32.2 Å². The number of rotatable bonds is 6. The summed E-state index contributed by atoms with van der Waals surface area (Å²) in [5.41, 5.74) is 1.96. The molecule has 1 aromatic carbocycles. The van der Waals surface area contributed by atoms with Gasteiger partial charge in [0.1, 0.15) is 5.76 Å². The fourth-order valence-electron chi connectivity index (χ4n) is 4.03. The standard InChI is InChI=1S/C22H28N2O6/c1-27-19-9-15-3-4-24(12-16(15)10-20(19)28-2)14-21-22(26)18(25)11-17(30-21)13-23-5-7-29-8-6-23/h9-11,26H,3-8,12-14H2,1-2H3. The Bertz CT molecular complexity index is 951. The predicted octanol–water partition coefficient (Wildman–Crippen LogP) is 1.75. The average molecular weight is 416 g/mol. The Hall–Kier alpha value is -2.55. The molecule has 1 N–H and O–H groups in total. The highest BCUT2D eigenvalue weighted by molar-refractivity contribution is 5.48. The van der Waals surface area contributed by atoms with Crippen LogP contribution in [0.2, 0.25) is 0 Å². The van der Waals surface area contributed by atoms with Crippen LogP contribution in [0, 0.1) is 0 Å². The molecule has 8 nitrogen and oxygen atoms in total. The molecule has 1 aromatic heterocycles. The Labute approximate surface area is 175 Å². The largest absolute Gasteiger partial charge is 0.502 e. The molecule has 8 heteroatoms. The van der Waals surface area contributed by atoms with Crippen molar-refractivity contribution in [3.63, 3.8) is 0 Å². The number of benzene rings is 1. The number of hydrogen-bond donors (Lipinski definition) is 1. The molecule has 2 aliphatic heterocycles. The highest BCUT2D eigenvalue weighted by Crippen LogP contribution is 2.33. The first-order valence-electron chi connectivity index (χ1n) is 10.2. The first-order valence-corrected chi connectivity index (χ1v) is 10.2. The summed E-state index contributed by atoms with van der Waals surface area (Å²) in [7, 11) is 3.26. The van der Waals surface area contributed by atoms with Crippen LogP contribution >= 0.6 is 0 Å². The van der Waals surface area contributed by atoms with Gasteiger partial charge in [0.05, 0.1) is 40.5 Å². The molecule has 0 bridgehead atoms. The maximum absolute atomic E-state index is 12.3. The minimum Gasteiger partial charge on any atom is -0.502 e. The molecule has 0 unspecified atom stereocenters. The molecule has 0 spiro atoms. The van der Waals surface area contributed by atoms with Crippen molar-refractivity contribution in [2.75, 3.05) is 47.1 Å². The van der Waals surface area contributed by atoms with Crippen LogP contribution in [0.5, 0.6) is 17.2 Å². The van der Waals surface area contributed by atoms with Crippen LogP contribution in [0.4, 0.5) is 0 Å². The topological polar surface area (TPSA) is 84.6 Å². The molecule has 0 aliphatic carbocycles. The molecule has 1 saturated heterocycles.